The van der Waals surface area contributed by atoms with Crippen molar-refractivity contribution in [2.45, 2.75) is 12.8 Å². The number of aromatic nitrogens is 3. The Bertz CT molecular complexity index is 1200. The van der Waals surface area contributed by atoms with Gasteiger partial charge >= 0.3 is 0 Å². The van der Waals surface area contributed by atoms with Crippen molar-refractivity contribution in [2.75, 3.05) is 0 Å². The Hall–Kier alpha value is -4.00. The van der Waals surface area contributed by atoms with Gasteiger partial charge < -0.3 is 15.9 Å². The van der Waals surface area contributed by atoms with Crippen LogP contribution in [0.5, 0.6) is 0 Å². The first-order valence-corrected chi connectivity index (χ1v) is 9.15. The third-order valence-electron chi connectivity index (χ3n) is 4.54. The SMILES string of the molecule is CC(/C=N\C(N)=C(/N)c1nnc(-c2ccccc2)o1)c1ccc2ncccc2c1. The van der Waals surface area contributed by atoms with Gasteiger partial charge in [0.25, 0.3) is 5.89 Å². The normalized spacial score (nSPS) is 13.6. The summed E-state index contributed by atoms with van der Waals surface area (Å²) in [4.78, 5) is 8.64. The second kappa shape index (κ2) is 7.93. The predicted octanol–water partition coefficient (Wildman–Crippen LogP) is 3.70. The van der Waals surface area contributed by atoms with E-state index in [0.717, 1.165) is 22.0 Å². The molecule has 0 bridgehead atoms. The highest BCUT2D eigenvalue weighted by Crippen LogP contribution is 2.21. The quantitative estimate of drug-likeness (QED) is 0.507. The molecule has 4 rings (SSSR count). The Labute approximate surface area is 167 Å². The lowest BCUT2D eigenvalue weighted by molar-refractivity contribution is 0.551. The van der Waals surface area contributed by atoms with Gasteiger partial charge in [-0.2, -0.15) is 0 Å². The lowest BCUT2D eigenvalue weighted by Gasteiger charge is -2.07. The van der Waals surface area contributed by atoms with Crippen LogP contribution in [0.15, 0.2) is 82.1 Å². The van der Waals surface area contributed by atoms with E-state index >= 15 is 0 Å². The average Bonchev–Trinajstić information content (AvgIpc) is 3.27. The van der Waals surface area contributed by atoms with Gasteiger partial charge in [-0.05, 0) is 35.9 Å². The third-order valence-corrected chi connectivity index (χ3v) is 4.54. The number of hydrogen-bond donors (Lipinski definition) is 2. The molecular formula is C22H20N6O. The molecular weight excluding hydrogens is 364 g/mol. The zero-order valence-electron chi connectivity index (χ0n) is 15.9. The molecule has 0 radical (unpaired) electrons. The highest BCUT2D eigenvalue weighted by molar-refractivity contribution is 5.81. The van der Waals surface area contributed by atoms with Crippen molar-refractivity contribution in [3.05, 3.63) is 84.1 Å². The first-order valence-electron chi connectivity index (χ1n) is 9.15. The van der Waals surface area contributed by atoms with Crippen molar-refractivity contribution in [2.24, 2.45) is 16.5 Å². The minimum absolute atomic E-state index is 0.0357. The molecule has 7 nitrogen and oxygen atoms in total. The molecule has 1 unspecified atom stereocenters. The largest absolute Gasteiger partial charge is 0.415 e. The number of rotatable bonds is 5. The molecule has 0 aliphatic carbocycles. The number of benzene rings is 2. The molecule has 2 heterocycles. The van der Waals surface area contributed by atoms with Gasteiger partial charge in [0.1, 0.15) is 5.70 Å². The van der Waals surface area contributed by atoms with Crippen LogP contribution in [0.1, 0.15) is 24.3 Å². The van der Waals surface area contributed by atoms with Crippen molar-refractivity contribution in [1.29, 1.82) is 0 Å². The van der Waals surface area contributed by atoms with Crippen molar-refractivity contribution in [3.8, 4) is 11.5 Å². The second-order valence-electron chi connectivity index (χ2n) is 6.60. The topological polar surface area (TPSA) is 116 Å². The van der Waals surface area contributed by atoms with E-state index in [0.29, 0.717) is 5.89 Å². The molecule has 0 aliphatic heterocycles. The summed E-state index contributed by atoms with van der Waals surface area (Å²) in [5.74, 6) is 0.678. The van der Waals surface area contributed by atoms with Crippen LogP contribution in [0.4, 0.5) is 0 Å². The van der Waals surface area contributed by atoms with Crippen LogP contribution in [-0.2, 0) is 0 Å². The number of hydrogen-bond acceptors (Lipinski definition) is 7. The molecule has 0 spiro atoms. The molecule has 0 saturated carbocycles. The molecule has 4 aromatic rings. The third kappa shape index (κ3) is 3.98. The number of pyridine rings is 1. The maximum atomic E-state index is 6.07. The summed E-state index contributed by atoms with van der Waals surface area (Å²) in [6, 6.07) is 19.5. The fourth-order valence-corrected chi connectivity index (χ4v) is 2.86. The lowest BCUT2D eigenvalue weighted by atomic mass is 10.0. The van der Waals surface area contributed by atoms with Crippen LogP contribution in [-0.4, -0.2) is 21.4 Å². The molecule has 1 atom stereocenters. The van der Waals surface area contributed by atoms with E-state index in [-0.39, 0.29) is 23.3 Å². The van der Waals surface area contributed by atoms with E-state index < -0.39 is 0 Å². The molecule has 0 fully saturated rings. The molecule has 0 aliphatic rings. The summed E-state index contributed by atoms with van der Waals surface area (Å²) in [6.45, 7) is 2.03. The van der Waals surface area contributed by atoms with Crippen LogP contribution < -0.4 is 11.5 Å². The van der Waals surface area contributed by atoms with Crippen molar-refractivity contribution >= 4 is 22.8 Å². The summed E-state index contributed by atoms with van der Waals surface area (Å²) in [5, 5.41) is 9.07. The van der Waals surface area contributed by atoms with Crippen LogP contribution in [0.3, 0.4) is 0 Å². The molecule has 2 aromatic heterocycles. The Morgan fingerprint density at radius 3 is 2.69 bits per heavy atom. The Morgan fingerprint density at radius 1 is 1.03 bits per heavy atom. The fraction of sp³-hybridized carbons (Fsp3) is 0.0909. The molecule has 29 heavy (non-hydrogen) atoms. The number of aliphatic imine (C=N–C) groups is 1. The van der Waals surface area contributed by atoms with Crippen molar-refractivity contribution in [3.63, 3.8) is 0 Å². The highest BCUT2D eigenvalue weighted by atomic mass is 16.4. The monoisotopic (exact) mass is 384 g/mol. The van der Waals surface area contributed by atoms with Gasteiger partial charge in [-0.3, -0.25) is 4.98 Å². The maximum Gasteiger partial charge on any atom is 0.267 e. The molecule has 144 valence electrons. The van der Waals surface area contributed by atoms with E-state index in [1.165, 1.54) is 0 Å². The first kappa shape index (κ1) is 18.4. The minimum Gasteiger partial charge on any atom is -0.415 e. The summed E-state index contributed by atoms with van der Waals surface area (Å²) in [6.07, 6.45) is 3.52. The predicted molar refractivity (Wildman–Crippen MR) is 114 cm³/mol. The minimum atomic E-state index is 0.0357. The van der Waals surface area contributed by atoms with Gasteiger partial charge in [0.05, 0.1) is 5.52 Å². The summed E-state index contributed by atoms with van der Waals surface area (Å²) >= 11 is 0. The van der Waals surface area contributed by atoms with Crippen molar-refractivity contribution < 1.29 is 4.42 Å². The van der Waals surface area contributed by atoms with Gasteiger partial charge in [0, 0.05) is 29.3 Å². The number of nitrogens with zero attached hydrogens (tertiary/aromatic N) is 4. The molecule has 2 aromatic carbocycles. The van der Waals surface area contributed by atoms with Crippen LogP contribution >= 0.6 is 0 Å². The Morgan fingerprint density at radius 2 is 1.86 bits per heavy atom. The smallest absolute Gasteiger partial charge is 0.267 e. The summed E-state index contributed by atoms with van der Waals surface area (Å²) in [7, 11) is 0. The van der Waals surface area contributed by atoms with E-state index in [1.54, 1.807) is 12.4 Å². The molecule has 0 amide bonds. The lowest BCUT2D eigenvalue weighted by Crippen LogP contribution is -2.08. The van der Waals surface area contributed by atoms with Gasteiger partial charge in [0.2, 0.25) is 5.89 Å². The zero-order valence-corrected chi connectivity index (χ0v) is 15.9. The molecule has 4 N–H and O–H groups in total. The standard InChI is InChI=1S/C22H20N6O/c1-14(16-9-10-18-17(12-16)8-5-11-25-18)13-26-20(24)19(23)22-28-27-21(29-22)15-6-3-2-4-7-15/h2-14H,23-24H2,1H3/b20-19-,26-13-. The first-order chi connectivity index (χ1) is 14.1. The van der Waals surface area contributed by atoms with Gasteiger partial charge in [0.15, 0.2) is 5.82 Å². The Kier molecular flexibility index (Phi) is 5.03. The average molecular weight is 384 g/mol. The van der Waals surface area contributed by atoms with Gasteiger partial charge in [-0.1, -0.05) is 37.3 Å². The fourth-order valence-electron chi connectivity index (χ4n) is 2.86. The van der Waals surface area contributed by atoms with Crippen LogP contribution in [0.25, 0.3) is 28.1 Å². The van der Waals surface area contributed by atoms with E-state index in [2.05, 4.69) is 26.2 Å². The van der Waals surface area contributed by atoms with Crippen LogP contribution in [0, 0.1) is 0 Å². The van der Waals surface area contributed by atoms with Crippen LogP contribution in [0.2, 0.25) is 0 Å². The van der Waals surface area contributed by atoms with Gasteiger partial charge in [-0.15, -0.1) is 10.2 Å². The second-order valence-corrected chi connectivity index (χ2v) is 6.60. The molecule has 7 heteroatoms. The summed E-state index contributed by atoms with van der Waals surface area (Å²) < 4.78 is 5.63. The van der Waals surface area contributed by atoms with E-state index in [1.807, 2.05) is 61.5 Å². The number of fused-ring (bicyclic) bond motifs is 1. The highest BCUT2D eigenvalue weighted by Gasteiger charge is 2.13. The van der Waals surface area contributed by atoms with E-state index in [4.69, 9.17) is 15.9 Å². The van der Waals surface area contributed by atoms with E-state index in [9.17, 15) is 0 Å². The number of nitrogens with two attached hydrogens (primary N) is 2. The zero-order chi connectivity index (χ0) is 20.2. The van der Waals surface area contributed by atoms with Crippen molar-refractivity contribution in [1.82, 2.24) is 15.2 Å². The summed E-state index contributed by atoms with van der Waals surface area (Å²) in [5.41, 5.74) is 15.1. The maximum absolute atomic E-state index is 6.07. The Balaban J connectivity index is 1.53. The molecule has 0 saturated heterocycles. The van der Waals surface area contributed by atoms with Gasteiger partial charge in [-0.25, -0.2) is 4.99 Å².